The van der Waals surface area contributed by atoms with Gasteiger partial charge in [0, 0.05) is 31.9 Å². The van der Waals surface area contributed by atoms with E-state index in [2.05, 4.69) is 24.1 Å². The van der Waals surface area contributed by atoms with Crippen LogP contribution in [0, 0.1) is 11.8 Å². The van der Waals surface area contributed by atoms with Gasteiger partial charge in [-0.25, -0.2) is 8.42 Å². The molecule has 2 atom stereocenters. The van der Waals surface area contributed by atoms with Gasteiger partial charge in [0.05, 0.1) is 4.90 Å². The number of benzene rings is 1. The fraction of sp³-hybridized carbons (Fsp3) is 0.611. The Balaban J connectivity index is 1.65. The highest BCUT2D eigenvalue weighted by atomic mass is 32.2. The monoisotopic (exact) mass is 381 g/mol. The molecular weight excluding hydrogens is 354 g/mol. The van der Waals surface area contributed by atoms with Crippen molar-refractivity contribution in [1.82, 2.24) is 9.21 Å². The molecule has 7 heteroatoms. The van der Waals surface area contributed by atoms with E-state index in [1.807, 2.05) is 0 Å². The summed E-state index contributed by atoms with van der Waals surface area (Å²) in [5.41, 5.74) is 0.830. The summed E-state index contributed by atoms with van der Waals surface area (Å²) in [6.07, 6.45) is 3.13. The first-order valence-corrected chi connectivity index (χ1v) is 10.9. The summed E-state index contributed by atoms with van der Waals surface area (Å²) in [4.78, 5) is 2.56. The van der Waals surface area contributed by atoms with E-state index in [0.29, 0.717) is 34.9 Å². The Hall–Kier alpha value is -1.18. The first kappa shape index (κ1) is 18.6. The van der Waals surface area contributed by atoms with Gasteiger partial charge in [0.1, 0.15) is 0 Å². The Morgan fingerprint density at radius 3 is 2.20 bits per heavy atom. The topological polar surface area (TPSA) is 52.7 Å². The number of thiocarbonyl (C=S) groups is 1. The lowest BCUT2D eigenvalue weighted by molar-refractivity contribution is 0.216. The van der Waals surface area contributed by atoms with E-state index in [9.17, 15) is 8.42 Å². The third-order valence-corrected chi connectivity index (χ3v) is 7.24. The van der Waals surface area contributed by atoms with Crippen molar-refractivity contribution in [3.63, 3.8) is 0 Å². The zero-order valence-corrected chi connectivity index (χ0v) is 16.6. The lowest BCUT2D eigenvalue weighted by Gasteiger charge is -2.36. The molecule has 1 aromatic carbocycles. The van der Waals surface area contributed by atoms with Gasteiger partial charge in [0.25, 0.3) is 0 Å². The summed E-state index contributed by atoms with van der Waals surface area (Å²) in [6, 6.07) is 6.93. The van der Waals surface area contributed by atoms with Crippen LogP contribution in [0.4, 0.5) is 5.69 Å². The highest BCUT2D eigenvalue weighted by Crippen LogP contribution is 2.24. The van der Waals surface area contributed by atoms with Crippen molar-refractivity contribution in [2.45, 2.75) is 38.0 Å². The molecule has 2 saturated heterocycles. The number of sulfonamides is 1. The molecule has 1 aromatic rings. The number of likely N-dealkylation sites (tertiary alicyclic amines) is 1. The molecule has 0 aromatic heterocycles. The second kappa shape index (κ2) is 7.60. The minimum Gasteiger partial charge on any atom is -0.348 e. The first-order valence-electron chi connectivity index (χ1n) is 9.02. The van der Waals surface area contributed by atoms with E-state index in [1.165, 1.54) is 6.42 Å². The number of hydrogen-bond donors (Lipinski definition) is 1. The van der Waals surface area contributed by atoms with Crippen molar-refractivity contribution in [3.05, 3.63) is 24.3 Å². The average molecular weight is 382 g/mol. The molecule has 2 aliphatic heterocycles. The van der Waals surface area contributed by atoms with Gasteiger partial charge in [-0.15, -0.1) is 0 Å². The van der Waals surface area contributed by atoms with E-state index in [1.54, 1.807) is 28.6 Å². The quantitative estimate of drug-likeness (QED) is 0.815. The van der Waals surface area contributed by atoms with E-state index in [4.69, 9.17) is 12.2 Å². The Morgan fingerprint density at radius 2 is 1.64 bits per heavy atom. The number of rotatable bonds is 3. The zero-order chi connectivity index (χ0) is 18.0. The largest absolute Gasteiger partial charge is 0.348 e. The molecule has 0 saturated carbocycles. The smallest absolute Gasteiger partial charge is 0.243 e. The fourth-order valence-electron chi connectivity index (χ4n) is 3.82. The van der Waals surface area contributed by atoms with Gasteiger partial charge in [-0.05, 0) is 67.6 Å². The van der Waals surface area contributed by atoms with Crippen molar-refractivity contribution in [3.8, 4) is 0 Å². The summed E-state index contributed by atoms with van der Waals surface area (Å²) >= 11 is 5.54. The van der Waals surface area contributed by atoms with Gasteiger partial charge in [0.15, 0.2) is 5.11 Å². The van der Waals surface area contributed by atoms with Crippen molar-refractivity contribution < 1.29 is 8.42 Å². The molecule has 0 aliphatic carbocycles. The Morgan fingerprint density at radius 1 is 1.08 bits per heavy atom. The predicted octanol–water partition coefficient (Wildman–Crippen LogP) is 3.15. The van der Waals surface area contributed by atoms with Crippen LogP contribution in [-0.4, -0.2) is 48.9 Å². The Labute approximate surface area is 156 Å². The van der Waals surface area contributed by atoms with E-state index in [0.717, 1.165) is 31.6 Å². The van der Waals surface area contributed by atoms with E-state index >= 15 is 0 Å². The third-order valence-electron chi connectivity index (χ3n) is 4.96. The summed E-state index contributed by atoms with van der Waals surface area (Å²) in [6.45, 7) is 7.69. The molecule has 2 fully saturated rings. The number of nitrogens with one attached hydrogen (secondary N) is 1. The molecule has 2 heterocycles. The third kappa shape index (κ3) is 4.33. The number of hydrogen-bond acceptors (Lipinski definition) is 3. The van der Waals surface area contributed by atoms with Crippen molar-refractivity contribution >= 4 is 33.0 Å². The van der Waals surface area contributed by atoms with Gasteiger partial charge in [-0.2, -0.15) is 4.31 Å². The molecule has 2 aliphatic rings. The van der Waals surface area contributed by atoms with Gasteiger partial charge >= 0.3 is 0 Å². The van der Waals surface area contributed by atoms with Gasteiger partial charge < -0.3 is 10.2 Å². The molecule has 0 spiro atoms. The Bertz CT molecular complexity index is 702. The first-order chi connectivity index (χ1) is 11.9. The highest BCUT2D eigenvalue weighted by Gasteiger charge is 2.27. The number of nitrogens with zero attached hydrogens (tertiary/aromatic N) is 2. The molecule has 0 amide bonds. The fourth-order valence-corrected chi connectivity index (χ4v) is 5.60. The van der Waals surface area contributed by atoms with Crippen LogP contribution in [0.3, 0.4) is 0 Å². The van der Waals surface area contributed by atoms with Crippen molar-refractivity contribution in [2.75, 3.05) is 31.5 Å². The van der Waals surface area contributed by atoms with Crippen LogP contribution in [0.15, 0.2) is 29.2 Å². The van der Waals surface area contributed by atoms with Gasteiger partial charge in [0.2, 0.25) is 10.0 Å². The molecule has 0 radical (unpaired) electrons. The second-order valence-corrected chi connectivity index (χ2v) is 9.74. The number of piperidine rings is 1. The average Bonchev–Trinajstić information content (AvgIpc) is 3.09. The number of anilines is 1. The maximum Gasteiger partial charge on any atom is 0.243 e. The molecule has 5 nitrogen and oxygen atoms in total. The molecule has 3 rings (SSSR count). The van der Waals surface area contributed by atoms with Gasteiger partial charge in [-0.3, -0.25) is 0 Å². The Kier molecular flexibility index (Phi) is 5.65. The minimum atomic E-state index is -3.36. The lowest BCUT2D eigenvalue weighted by atomic mass is 9.92. The van der Waals surface area contributed by atoms with Crippen LogP contribution in [-0.2, 0) is 10.0 Å². The van der Waals surface area contributed by atoms with Crippen molar-refractivity contribution in [2.24, 2.45) is 11.8 Å². The predicted molar refractivity (Wildman–Crippen MR) is 105 cm³/mol. The summed E-state index contributed by atoms with van der Waals surface area (Å²) in [5.74, 6) is 1.27. The lowest BCUT2D eigenvalue weighted by Crippen LogP contribution is -2.44. The van der Waals surface area contributed by atoms with Crippen LogP contribution in [0.1, 0.15) is 33.1 Å². The molecule has 0 bridgehead atoms. The van der Waals surface area contributed by atoms with Gasteiger partial charge in [-0.1, -0.05) is 13.8 Å². The molecule has 138 valence electrons. The molecule has 25 heavy (non-hydrogen) atoms. The van der Waals surface area contributed by atoms with Crippen molar-refractivity contribution in [1.29, 1.82) is 0 Å². The van der Waals surface area contributed by atoms with Crippen LogP contribution >= 0.6 is 12.2 Å². The zero-order valence-electron chi connectivity index (χ0n) is 14.9. The van der Waals surface area contributed by atoms with Crippen LogP contribution in [0.2, 0.25) is 0 Å². The minimum absolute atomic E-state index is 0.353. The maximum absolute atomic E-state index is 12.6. The SMILES string of the molecule is C[C@H]1C[C@H](C)CN(C(=S)Nc2ccc(S(=O)(=O)N3CCCC3)cc2)C1. The van der Waals surface area contributed by atoms with E-state index in [-0.39, 0.29) is 0 Å². The highest BCUT2D eigenvalue weighted by molar-refractivity contribution is 7.89. The molecule has 1 N–H and O–H groups in total. The summed E-state index contributed by atoms with van der Waals surface area (Å²) in [7, 11) is -3.36. The van der Waals surface area contributed by atoms with Crippen LogP contribution < -0.4 is 5.32 Å². The van der Waals surface area contributed by atoms with E-state index < -0.39 is 10.0 Å². The van der Waals surface area contributed by atoms with Crippen LogP contribution in [0.5, 0.6) is 0 Å². The molecular formula is C18H27N3O2S2. The summed E-state index contributed by atoms with van der Waals surface area (Å²) in [5, 5.41) is 3.97. The molecule has 0 unspecified atom stereocenters. The maximum atomic E-state index is 12.6. The normalized spacial score (nSPS) is 25.1. The second-order valence-electron chi connectivity index (χ2n) is 7.42. The standard InChI is InChI=1S/C18H27N3O2S2/c1-14-11-15(2)13-20(12-14)18(24)19-16-5-7-17(8-6-16)25(22,23)21-9-3-4-10-21/h5-8,14-15H,3-4,9-13H2,1-2H3,(H,19,24)/t14-,15-/m0/s1. The summed E-state index contributed by atoms with van der Waals surface area (Å²) < 4.78 is 26.7. The van der Waals surface area contributed by atoms with Crippen LogP contribution in [0.25, 0.3) is 0 Å².